The number of aliphatic hydroxyl groups excluding tert-OH is 1. The molecule has 2 unspecified atom stereocenters. The van der Waals surface area contributed by atoms with Crippen LogP contribution < -0.4 is 0 Å². The quantitative estimate of drug-likeness (QED) is 0.740. The molecule has 3 nitrogen and oxygen atoms in total. The minimum absolute atomic E-state index is 0.588. The van der Waals surface area contributed by atoms with Crippen molar-refractivity contribution in [2.24, 2.45) is 0 Å². The van der Waals surface area contributed by atoms with Crippen molar-refractivity contribution in [3.8, 4) is 0 Å². The molecule has 1 aromatic carbocycles. The van der Waals surface area contributed by atoms with E-state index in [0.29, 0.717) is 13.2 Å². The summed E-state index contributed by atoms with van der Waals surface area (Å²) in [5.41, 5.74) is 0.288. The molecule has 0 bridgehead atoms. The van der Waals surface area contributed by atoms with Crippen molar-refractivity contribution in [2.75, 3.05) is 13.2 Å². The third-order valence-corrected chi connectivity index (χ3v) is 4.34. The summed E-state index contributed by atoms with van der Waals surface area (Å²) in [5.74, 6) is 0. The Balaban J connectivity index is 2.62. The van der Waals surface area contributed by atoms with Crippen LogP contribution in [-0.4, -0.2) is 27.6 Å². The molecule has 1 N–H and O–H groups in total. The highest BCUT2D eigenvalue weighted by Gasteiger charge is 2.25. The van der Waals surface area contributed by atoms with Crippen LogP contribution in [0.2, 0.25) is 0 Å². The summed E-state index contributed by atoms with van der Waals surface area (Å²) < 4.78 is 11.1. The molecule has 4 heteroatoms. The number of rotatable bonds is 7. The third kappa shape index (κ3) is 4.06. The molecule has 0 fully saturated rings. The topological polar surface area (TPSA) is 38.7 Å². The summed E-state index contributed by atoms with van der Waals surface area (Å²) in [6.07, 6.45) is 0.943. The van der Waals surface area contributed by atoms with Crippen LogP contribution in [0, 0.1) is 0 Å². The highest BCUT2D eigenvalue weighted by molar-refractivity contribution is 6.45. The van der Waals surface area contributed by atoms with Gasteiger partial charge in [0.25, 0.3) is 0 Å². The predicted molar refractivity (Wildman–Crippen MR) is 66.4 cm³/mol. The van der Waals surface area contributed by atoms with E-state index in [2.05, 4.69) is 0 Å². The van der Waals surface area contributed by atoms with E-state index in [4.69, 9.17) is 8.85 Å². The third-order valence-electron chi connectivity index (χ3n) is 2.22. The van der Waals surface area contributed by atoms with Crippen LogP contribution in [0.1, 0.15) is 31.6 Å². The van der Waals surface area contributed by atoms with Gasteiger partial charge >= 0.3 is 9.28 Å². The summed E-state index contributed by atoms with van der Waals surface area (Å²) >= 11 is 0. The summed E-state index contributed by atoms with van der Waals surface area (Å²) in [6, 6.07) is 9.56. The minimum Gasteiger partial charge on any atom is -0.395 e. The average molecular weight is 240 g/mol. The molecule has 0 spiro atoms. The van der Waals surface area contributed by atoms with Crippen LogP contribution in [0.4, 0.5) is 0 Å². The SMILES string of the molecule is CCCO[SiH](OCC)C(O)c1ccccc1. The molecule has 16 heavy (non-hydrogen) atoms. The van der Waals surface area contributed by atoms with Crippen molar-refractivity contribution in [3.05, 3.63) is 35.9 Å². The van der Waals surface area contributed by atoms with Gasteiger partial charge in [0.1, 0.15) is 5.73 Å². The van der Waals surface area contributed by atoms with Crippen LogP contribution in [0.3, 0.4) is 0 Å². The summed E-state index contributed by atoms with van der Waals surface area (Å²) in [6.45, 7) is 5.21. The predicted octanol–water partition coefficient (Wildman–Crippen LogP) is 1.94. The van der Waals surface area contributed by atoms with Gasteiger partial charge in [0.15, 0.2) is 0 Å². The van der Waals surface area contributed by atoms with Gasteiger partial charge in [0.05, 0.1) is 0 Å². The van der Waals surface area contributed by atoms with E-state index in [0.717, 1.165) is 12.0 Å². The maximum atomic E-state index is 10.1. The smallest absolute Gasteiger partial charge is 0.355 e. The maximum absolute atomic E-state index is 10.1. The molecule has 0 saturated carbocycles. The van der Waals surface area contributed by atoms with Gasteiger partial charge in [0, 0.05) is 13.2 Å². The molecule has 0 aromatic heterocycles. The van der Waals surface area contributed by atoms with E-state index in [9.17, 15) is 5.11 Å². The van der Waals surface area contributed by atoms with Gasteiger partial charge < -0.3 is 14.0 Å². The van der Waals surface area contributed by atoms with E-state index < -0.39 is 15.0 Å². The number of hydrogen-bond acceptors (Lipinski definition) is 3. The molecule has 0 saturated heterocycles. The van der Waals surface area contributed by atoms with Gasteiger partial charge in [-0.2, -0.15) is 0 Å². The lowest BCUT2D eigenvalue weighted by Crippen LogP contribution is -2.31. The second-order valence-electron chi connectivity index (χ2n) is 3.55. The molecule has 0 radical (unpaired) electrons. The molecular formula is C12H20O3Si. The lowest BCUT2D eigenvalue weighted by Gasteiger charge is -2.21. The second-order valence-corrected chi connectivity index (χ2v) is 5.58. The Kier molecular flexibility index (Phi) is 6.33. The fraction of sp³-hybridized carbons (Fsp3) is 0.500. The largest absolute Gasteiger partial charge is 0.395 e. The Morgan fingerprint density at radius 3 is 2.44 bits per heavy atom. The number of benzene rings is 1. The first kappa shape index (κ1) is 13.4. The van der Waals surface area contributed by atoms with Gasteiger partial charge in [-0.3, -0.25) is 0 Å². The van der Waals surface area contributed by atoms with Crippen LogP contribution in [0.15, 0.2) is 30.3 Å². The zero-order chi connectivity index (χ0) is 11.8. The van der Waals surface area contributed by atoms with Gasteiger partial charge in [-0.25, -0.2) is 0 Å². The van der Waals surface area contributed by atoms with Gasteiger partial charge in [-0.1, -0.05) is 37.3 Å². The number of aliphatic hydroxyl groups is 1. The second kappa shape index (κ2) is 7.57. The molecule has 0 aliphatic rings. The maximum Gasteiger partial charge on any atom is 0.355 e. The standard InChI is InChI=1S/C12H20O3Si/c1-3-10-15-16(14-4-2)12(13)11-8-6-5-7-9-11/h5-9,12-13,16H,3-4,10H2,1-2H3. The fourth-order valence-corrected chi connectivity index (χ4v) is 3.23. The van der Waals surface area contributed by atoms with Crippen molar-refractivity contribution < 1.29 is 14.0 Å². The molecule has 0 aliphatic carbocycles. The van der Waals surface area contributed by atoms with Crippen LogP contribution in [-0.2, 0) is 8.85 Å². The first-order valence-electron chi connectivity index (χ1n) is 5.75. The van der Waals surface area contributed by atoms with E-state index >= 15 is 0 Å². The Morgan fingerprint density at radius 2 is 1.88 bits per heavy atom. The van der Waals surface area contributed by atoms with Crippen molar-refractivity contribution in [1.82, 2.24) is 0 Å². The van der Waals surface area contributed by atoms with E-state index in [-0.39, 0.29) is 0 Å². The van der Waals surface area contributed by atoms with Crippen LogP contribution >= 0.6 is 0 Å². The van der Waals surface area contributed by atoms with Crippen LogP contribution in [0.5, 0.6) is 0 Å². The first-order chi connectivity index (χ1) is 7.79. The summed E-state index contributed by atoms with van der Waals surface area (Å²) in [5, 5.41) is 10.1. The van der Waals surface area contributed by atoms with E-state index in [1.165, 1.54) is 0 Å². The van der Waals surface area contributed by atoms with Crippen LogP contribution in [0.25, 0.3) is 0 Å². The Labute approximate surface area is 98.9 Å². The Morgan fingerprint density at radius 1 is 1.19 bits per heavy atom. The van der Waals surface area contributed by atoms with E-state index in [1.54, 1.807) is 0 Å². The highest BCUT2D eigenvalue weighted by atomic mass is 28.3. The molecule has 0 heterocycles. The Hall–Kier alpha value is -0.683. The van der Waals surface area contributed by atoms with Crippen molar-refractivity contribution in [3.63, 3.8) is 0 Å². The van der Waals surface area contributed by atoms with Crippen molar-refractivity contribution in [1.29, 1.82) is 0 Å². The first-order valence-corrected chi connectivity index (χ1v) is 7.36. The Bertz CT molecular complexity index is 279. The van der Waals surface area contributed by atoms with Gasteiger partial charge in [-0.05, 0) is 18.9 Å². The zero-order valence-electron chi connectivity index (χ0n) is 9.93. The van der Waals surface area contributed by atoms with E-state index in [1.807, 2.05) is 44.2 Å². The normalized spacial score (nSPS) is 14.7. The summed E-state index contributed by atoms with van der Waals surface area (Å²) in [4.78, 5) is 0. The molecular weight excluding hydrogens is 220 g/mol. The molecule has 1 rings (SSSR count). The number of hydrogen-bond donors (Lipinski definition) is 1. The van der Waals surface area contributed by atoms with Gasteiger partial charge in [0.2, 0.25) is 0 Å². The van der Waals surface area contributed by atoms with Gasteiger partial charge in [-0.15, -0.1) is 0 Å². The minimum atomic E-state index is -2.02. The molecule has 1 aromatic rings. The lowest BCUT2D eigenvalue weighted by molar-refractivity contribution is 0.134. The van der Waals surface area contributed by atoms with Crippen molar-refractivity contribution in [2.45, 2.75) is 26.0 Å². The fourth-order valence-electron chi connectivity index (χ4n) is 1.44. The molecule has 0 amide bonds. The molecule has 0 aliphatic heterocycles. The zero-order valence-corrected chi connectivity index (χ0v) is 11.1. The lowest BCUT2D eigenvalue weighted by atomic mass is 10.2. The van der Waals surface area contributed by atoms with Crippen molar-refractivity contribution >= 4 is 9.28 Å². The highest BCUT2D eigenvalue weighted by Crippen LogP contribution is 2.17. The average Bonchev–Trinajstić information content (AvgIpc) is 2.35. The molecule has 2 atom stereocenters. The molecule has 90 valence electrons. The monoisotopic (exact) mass is 240 g/mol. The summed E-state index contributed by atoms with van der Waals surface area (Å²) in [7, 11) is -2.02.